The van der Waals surface area contributed by atoms with Crippen LogP contribution in [0.2, 0.25) is 0 Å². The van der Waals surface area contributed by atoms with Crippen LogP contribution in [0.25, 0.3) is 0 Å². The standard InChI is InChI=1S/C5H3N3O2/c6-2-3-1-4(5(9)10)8-7-3/h1H,(H,7,8)(H,9,10). The van der Waals surface area contributed by atoms with Crippen molar-refractivity contribution in [2.24, 2.45) is 0 Å². The van der Waals surface area contributed by atoms with Crippen molar-refractivity contribution in [1.29, 1.82) is 5.26 Å². The lowest BCUT2D eigenvalue weighted by Gasteiger charge is -1.77. The molecular formula is C5H3N3O2. The van der Waals surface area contributed by atoms with E-state index in [0.29, 0.717) is 0 Å². The average molecular weight is 137 g/mol. The van der Waals surface area contributed by atoms with Gasteiger partial charge in [0.25, 0.3) is 0 Å². The summed E-state index contributed by atoms with van der Waals surface area (Å²) in [6.07, 6.45) is 0. The van der Waals surface area contributed by atoms with Gasteiger partial charge in [-0.05, 0) is 0 Å². The first-order valence-electron chi connectivity index (χ1n) is 2.43. The van der Waals surface area contributed by atoms with Gasteiger partial charge in [-0.1, -0.05) is 0 Å². The molecule has 10 heavy (non-hydrogen) atoms. The Morgan fingerprint density at radius 3 is 2.90 bits per heavy atom. The molecule has 2 N–H and O–H groups in total. The molecule has 0 atom stereocenters. The van der Waals surface area contributed by atoms with E-state index in [4.69, 9.17) is 10.4 Å². The van der Waals surface area contributed by atoms with E-state index in [1.54, 1.807) is 6.07 Å². The Bertz CT molecular complexity index is 296. The molecule has 5 heteroatoms. The first-order valence-corrected chi connectivity index (χ1v) is 2.43. The SMILES string of the molecule is N#Cc1cc(C(=O)O)n[nH]1. The molecule has 50 valence electrons. The van der Waals surface area contributed by atoms with Crippen molar-refractivity contribution in [2.75, 3.05) is 0 Å². The van der Waals surface area contributed by atoms with Gasteiger partial charge in [-0.2, -0.15) is 10.4 Å². The third-order valence-electron chi connectivity index (χ3n) is 0.917. The average Bonchev–Trinajstić information content (AvgIpc) is 2.34. The van der Waals surface area contributed by atoms with Gasteiger partial charge in [0.05, 0.1) is 0 Å². The molecule has 0 aliphatic rings. The largest absolute Gasteiger partial charge is 0.476 e. The van der Waals surface area contributed by atoms with Crippen molar-refractivity contribution in [3.63, 3.8) is 0 Å². The van der Waals surface area contributed by atoms with Gasteiger partial charge >= 0.3 is 5.97 Å². The van der Waals surface area contributed by atoms with Crippen molar-refractivity contribution in [1.82, 2.24) is 10.2 Å². The van der Waals surface area contributed by atoms with Crippen LogP contribution in [0.1, 0.15) is 16.2 Å². The molecule has 0 aliphatic heterocycles. The fraction of sp³-hybridized carbons (Fsp3) is 0. The van der Waals surface area contributed by atoms with E-state index in [2.05, 4.69) is 10.2 Å². The van der Waals surface area contributed by atoms with E-state index in [1.165, 1.54) is 6.07 Å². The second-order valence-corrected chi connectivity index (χ2v) is 1.58. The quantitative estimate of drug-likeness (QED) is 0.569. The second kappa shape index (κ2) is 2.19. The molecule has 0 bridgehead atoms. The number of rotatable bonds is 1. The van der Waals surface area contributed by atoms with Crippen molar-refractivity contribution in [2.45, 2.75) is 0 Å². The predicted octanol–water partition coefficient (Wildman–Crippen LogP) is -0.0204. The number of nitrogens with zero attached hydrogens (tertiary/aromatic N) is 2. The number of aromatic nitrogens is 2. The predicted molar refractivity (Wildman–Crippen MR) is 30.3 cm³/mol. The maximum atomic E-state index is 10.1. The zero-order valence-corrected chi connectivity index (χ0v) is 4.83. The Hall–Kier alpha value is -1.83. The van der Waals surface area contributed by atoms with E-state index in [1.807, 2.05) is 0 Å². The van der Waals surface area contributed by atoms with Crippen molar-refractivity contribution in [3.05, 3.63) is 17.5 Å². The van der Waals surface area contributed by atoms with Crippen LogP contribution in [0.3, 0.4) is 0 Å². The van der Waals surface area contributed by atoms with Crippen LogP contribution in [0.15, 0.2) is 6.07 Å². The van der Waals surface area contributed by atoms with E-state index in [9.17, 15) is 4.79 Å². The molecular weight excluding hydrogens is 134 g/mol. The molecule has 0 fully saturated rings. The van der Waals surface area contributed by atoms with Crippen molar-refractivity contribution >= 4 is 5.97 Å². The summed E-state index contributed by atoms with van der Waals surface area (Å²) in [4.78, 5) is 10.1. The van der Waals surface area contributed by atoms with Crippen LogP contribution in [0.4, 0.5) is 0 Å². The number of H-pyrrole nitrogens is 1. The third kappa shape index (κ3) is 0.951. The molecule has 0 saturated heterocycles. The fourth-order valence-corrected chi connectivity index (χ4v) is 0.489. The van der Waals surface area contributed by atoms with Crippen LogP contribution >= 0.6 is 0 Å². The zero-order chi connectivity index (χ0) is 7.56. The van der Waals surface area contributed by atoms with Crippen LogP contribution < -0.4 is 0 Å². The normalized spacial score (nSPS) is 8.70. The molecule has 0 amide bonds. The summed E-state index contributed by atoms with van der Waals surface area (Å²) in [7, 11) is 0. The van der Waals surface area contributed by atoms with Gasteiger partial charge in [0.15, 0.2) is 5.69 Å². The Morgan fingerprint density at radius 2 is 2.60 bits per heavy atom. The minimum absolute atomic E-state index is 0.142. The fourth-order valence-electron chi connectivity index (χ4n) is 0.489. The summed E-state index contributed by atoms with van der Waals surface area (Å²) in [6.45, 7) is 0. The highest BCUT2D eigenvalue weighted by Gasteiger charge is 2.06. The van der Waals surface area contributed by atoms with Crippen LogP contribution in [0.5, 0.6) is 0 Å². The van der Waals surface area contributed by atoms with Gasteiger partial charge in [0.2, 0.25) is 0 Å². The summed E-state index contributed by atoms with van der Waals surface area (Å²) < 4.78 is 0. The minimum atomic E-state index is -1.14. The summed E-state index contributed by atoms with van der Waals surface area (Å²) in [5, 5.41) is 22.1. The number of nitrogens with one attached hydrogen (secondary N) is 1. The molecule has 1 heterocycles. The number of carboxylic acids is 1. The monoisotopic (exact) mass is 137 g/mol. The van der Waals surface area contributed by atoms with Crippen molar-refractivity contribution in [3.8, 4) is 6.07 Å². The zero-order valence-electron chi connectivity index (χ0n) is 4.83. The maximum absolute atomic E-state index is 10.1. The molecule has 0 unspecified atom stereocenters. The summed E-state index contributed by atoms with van der Waals surface area (Å²) >= 11 is 0. The molecule has 1 aromatic rings. The molecule has 1 aromatic heterocycles. The Labute approximate surface area is 55.9 Å². The smallest absolute Gasteiger partial charge is 0.356 e. The first kappa shape index (κ1) is 6.29. The Morgan fingerprint density at radius 1 is 1.90 bits per heavy atom. The minimum Gasteiger partial charge on any atom is -0.476 e. The number of nitriles is 1. The number of aromatic amines is 1. The van der Waals surface area contributed by atoms with Crippen LogP contribution in [0, 0.1) is 11.3 Å². The summed E-state index contributed by atoms with van der Waals surface area (Å²) in [6, 6.07) is 2.89. The summed E-state index contributed by atoms with van der Waals surface area (Å²) in [5.74, 6) is -1.14. The molecule has 0 radical (unpaired) electrons. The van der Waals surface area contributed by atoms with Gasteiger partial charge in [-0.3, -0.25) is 5.10 Å². The molecule has 0 saturated carbocycles. The van der Waals surface area contributed by atoms with Crippen molar-refractivity contribution < 1.29 is 9.90 Å². The van der Waals surface area contributed by atoms with Gasteiger partial charge < -0.3 is 5.11 Å². The molecule has 1 rings (SSSR count). The number of carbonyl (C=O) groups is 1. The highest BCUT2D eigenvalue weighted by atomic mass is 16.4. The first-order chi connectivity index (χ1) is 4.74. The summed E-state index contributed by atoms with van der Waals surface area (Å²) in [5.41, 5.74) is 0.00829. The lowest BCUT2D eigenvalue weighted by atomic mass is 10.4. The Balaban J connectivity index is 3.02. The van der Waals surface area contributed by atoms with Gasteiger partial charge in [-0.15, -0.1) is 0 Å². The van der Waals surface area contributed by atoms with Gasteiger partial charge in [0, 0.05) is 6.07 Å². The third-order valence-corrected chi connectivity index (χ3v) is 0.917. The number of carboxylic acid groups (broad SMARTS) is 1. The van der Waals surface area contributed by atoms with E-state index in [-0.39, 0.29) is 11.4 Å². The molecule has 0 aliphatic carbocycles. The molecule has 0 aromatic carbocycles. The topological polar surface area (TPSA) is 89.8 Å². The van der Waals surface area contributed by atoms with Crippen LogP contribution in [-0.4, -0.2) is 21.3 Å². The van der Waals surface area contributed by atoms with E-state index < -0.39 is 5.97 Å². The highest BCUT2D eigenvalue weighted by molar-refractivity contribution is 5.85. The van der Waals surface area contributed by atoms with E-state index in [0.717, 1.165) is 0 Å². The lowest BCUT2D eigenvalue weighted by Crippen LogP contribution is -1.95. The maximum Gasteiger partial charge on any atom is 0.356 e. The van der Waals surface area contributed by atoms with Crippen LogP contribution in [-0.2, 0) is 0 Å². The molecule has 5 nitrogen and oxygen atoms in total. The number of hydrogen-bond donors (Lipinski definition) is 2. The molecule has 0 spiro atoms. The van der Waals surface area contributed by atoms with Gasteiger partial charge in [-0.25, -0.2) is 4.79 Å². The number of hydrogen-bond acceptors (Lipinski definition) is 3. The second-order valence-electron chi connectivity index (χ2n) is 1.58. The lowest BCUT2D eigenvalue weighted by molar-refractivity contribution is 0.0690. The number of aromatic carboxylic acids is 1. The van der Waals surface area contributed by atoms with E-state index >= 15 is 0 Å². The van der Waals surface area contributed by atoms with Gasteiger partial charge in [0.1, 0.15) is 11.8 Å². The highest BCUT2D eigenvalue weighted by Crippen LogP contribution is 1.96. The Kier molecular flexibility index (Phi) is 1.38.